The van der Waals surface area contributed by atoms with Crippen molar-refractivity contribution >= 4 is 46.4 Å². The molecule has 4 nitrogen and oxygen atoms in total. The van der Waals surface area contributed by atoms with Crippen LogP contribution < -0.4 is 5.32 Å². The number of hydrogen-bond acceptors (Lipinski definition) is 5. The highest BCUT2D eigenvalue weighted by Gasteiger charge is 2.48. The van der Waals surface area contributed by atoms with Crippen LogP contribution in [0.3, 0.4) is 0 Å². The van der Waals surface area contributed by atoms with Crippen molar-refractivity contribution in [3.8, 4) is 0 Å². The molecule has 1 fully saturated rings. The van der Waals surface area contributed by atoms with Gasteiger partial charge in [0.1, 0.15) is 16.6 Å². The number of amides is 1. The molecule has 2 aromatic heterocycles. The van der Waals surface area contributed by atoms with Gasteiger partial charge < -0.3 is 5.32 Å². The number of nitrogens with zero attached hydrogens (tertiary/aromatic N) is 1. The number of halogens is 2. The van der Waals surface area contributed by atoms with E-state index in [0.29, 0.717) is 28.5 Å². The van der Waals surface area contributed by atoms with Crippen LogP contribution >= 0.6 is 34.7 Å². The minimum atomic E-state index is -1.04. The van der Waals surface area contributed by atoms with Crippen LogP contribution in [0, 0.1) is 5.82 Å². The van der Waals surface area contributed by atoms with Crippen molar-refractivity contribution in [2.24, 2.45) is 0 Å². The topological polar surface area (TPSA) is 59.1 Å². The van der Waals surface area contributed by atoms with Gasteiger partial charge in [-0.05, 0) is 77.2 Å². The van der Waals surface area contributed by atoms with Gasteiger partial charge in [0.2, 0.25) is 5.91 Å². The number of rotatable bonds is 7. The third-order valence-corrected chi connectivity index (χ3v) is 8.68. The number of carbonyl (C=O) groups excluding carboxylic acids is 2. The first kappa shape index (κ1) is 24.7. The average Bonchev–Trinajstić information content (AvgIpc) is 3.43. The summed E-state index contributed by atoms with van der Waals surface area (Å²) in [5.41, 5.74) is 2.26. The number of carbonyl (C=O) groups is 2. The molecule has 5 rings (SSSR count). The molecule has 36 heavy (non-hydrogen) atoms. The van der Waals surface area contributed by atoms with Crippen LogP contribution in [-0.2, 0) is 28.0 Å². The Bertz CT molecular complexity index is 1370. The molecule has 0 saturated carbocycles. The molecule has 0 radical (unpaired) electrons. The van der Waals surface area contributed by atoms with E-state index in [1.54, 1.807) is 24.3 Å². The van der Waals surface area contributed by atoms with Crippen molar-refractivity contribution in [3.05, 3.63) is 117 Å². The van der Waals surface area contributed by atoms with Crippen LogP contribution in [0.2, 0.25) is 5.02 Å². The molecule has 0 spiro atoms. The van der Waals surface area contributed by atoms with Crippen LogP contribution in [0.4, 0.5) is 4.39 Å². The minimum absolute atomic E-state index is 0.0893. The Hall–Kier alpha value is -3.00. The zero-order valence-corrected chi connectivity index (χ0v) is 21.5. The molecule has 1 N–H and O–H groups in total. The molecule has 1 aliphatic rings. The molecule has 4 aromatic rings. The van der Waals surface area contributed by atoms with Crippen LogP contribution in [0.25, 0.3) is 0 Å². The number of aromatic nitrogens is 1. The molecule has 0 bridgehead atoms. The fourth-order valence-electron chi connectivity index (χ4n) is 4.37. The summed E-state index contributed by atoms with van der Waals surface area (Å²) < 4.78 is 13.2. The molecular weight excluding hydrogens is 515 g/mol. The van der Waals surface area contributed by atoms with Crippen LogP contribution in [0.15, 0.2) is 88.5 Å². The van der Waals surface area contributed by atoms with Crippen molar-refractivity contribution in [1.82, 2.24) is 10.3 Å². The second kappa shape index (κ2) is 10.5. The lowest BCUT2D eigenvalue weighted by molar-refractivity contribution is -0.133. The van der Waals surface area contributed by atoms with E-state index in [0.717, 1.165) is 16.8 Å². The zero-order valence-electron chi connectivity index (χ0n) is 19.1. The van der Waals surface area contributed by atoms with Crippen molar-refractivity contribution in [3.63, 3.8) is 0 Å². The maximum Gasteiger partial charge on any atom is 0.242 e. The maximum atomic E-state index is 13.4. The zero-order chi connectivity index (χ0) is 25.1. The number of thiophene rings is 1. The predicted molar refractivity (Wildman–Crippen MR) is 142 cm³/mol. The highest BCUT2D eigenvalue weighted by atomic mass is 35.5. The largest absolute Gasteiger partial charge is 0.339 e. The monoisotopic (exact) mass is 536 g/mol. The van der Waals surface area contributed by atoms with Gasteiger partial charge in [-0.1, -0.05) is 41.9 Å². The number of Topliss-reactive ketones (excluding diaryl/α,β-unsaturated/α-hetero) is 1. The molecule has 1 saturated heterocycles. The highest BCUT2D eigenvalue weighted by molar-refractivity contribution is 8.01. The van der Waals surface area contributed by atoms with Gasteiger partial charge >= 0.3 is 0 Å². The third kappa shape index (κ3) is 5.09. The number of aryl methyl sites for hydroxylation is 2. The van der Waals surface area contributed by atoms with Gasteiger partial charge in [-0.2, -0.15) is 11.3 Å². The first-order valence-electron chi connectivity index (χ1n) is 11.4. The Morgan fingerprint density at radius 3 is 2.56 bits per heavy atom. The van der Waals surface area contributed by atoms with Crippen molar-refractivity contribution in [1.29, 1.82) is 0 Å². The van der Waals surface area contributed by atoms with Crippen molar-refractivity contribution < 1.29 is 14.0 Å². The normalized spacial score (nSPS) is 19.8. The van der Waals surface area contributed by atoms with Crippen LogP contribution in [0.5, 0.6) is 0 Å². The SMILES string of the molecule is O=C1CC(c2ccsc2)(c2cccc(CCc3ccc(F)cc3)n2)NC(=O)C1Sc1ccccc1Cl. The Morgan fingerprint density at radius 2 is 1.83 bits per heavy atom. The maximum absolute atomic E-state index is 13.4. The van der Waals surface area contributed by atoms with E-state index in [4.69, 9.17) is 16.6 Å². The summed E-state index contributed by atoms with van der Waals surface area (Å²) >= 11 is 8.96. The van der Waals surface area contributed by atoms with E-state index in [9.17, 15) is 14.0 Å². The van der Waals surface area contributed by atoms with E-state index < -0.39 is 10.8 Å². The number of pyridine rings is 1. The highest BCUT2D eigenvalue weighted by Crippen LogP contribution is 2.41. The lowest BCUT2D eigenvalue weighted by atomic mass is 9.79. The standard InChI is InChI=1S/C28H22ClFN2O2S2/c29-22-5-1-2-6-24(22)36-26-23(33)16-28(32-27(26)34,19-14-15-35-17-19)25-7-3-4-21(31-25)13-10-18-8-11-20(30)12-9-18/h1-9,11-12,14-15,17,26H,10,13,16H2,(H,32,34). The molecule has 3 heterocycles. The van der Waals surface area contributed by atoms with Crippen LogP contribution in [-0.4, -0.2) is 21.9 Å². The summed E-state index contributed by atoms with van der Waals surface area (Å²) in [7, 11) is 0. The average molecular weight is 537 g/mol. The Morgan fingerprint density at radius 1 is 1.03 bits per heavy atom. The number of thioether (sulfide) groups is 1. The summed E-state index contributed by atoms with van der Waals surface area (Å²) in [5.74, 6) is -0.797. The van der Waals surface area contributed by atoms with Gasteiger partial charge in [0.15, 0.2) is 5.78 Å². The Balaban J connectivity index is 1.43. The fraction of sp³-hybridized carbons (Fsp3) is 0.179. The minimum Gasteiger partial charge on any atom is -0.339 e. The molecule has 2 unspecified atom stereocenters. The Kier molecular flexibility index (Phi) is 7.23. The summed E-state index contributed by atoms with van der Waals surface area (Å²) in [6, 6.07) is 21.2. The van der Waals surface area contributed by atoms with Gasteiger partial charge in [-0.15, -0.1) is 11.8 Å². The second-order valence-electron chi connectivity index (χ2n) is 8.62. The number of benzene rings is 2. The first-order chi connectivity index (χ1) is 17.4. The third-order valence-electron chi connectivity index (χ3n) is 6.23. The fourth-order valence-corrected chi connectivity index (χ4v) is 6.34. The predicted octanol–water partition coefficient (Wildman–Crippen LogP) is 6.21. The van der Waals surface area contributed by atoms with E-state index in [1.165, 1.54) is 35.2 Å². The van der Waals surface area contributed by atoms with Crippen LogP contribution in [0.1, 0.15) is 28.9 Å². The quantitative estimate of drug-likeness (QED) is 0.285. The lowest BCUT2D eigenvalue weighted by Gasteiger charge is -2.39. The summed E-state index contributed by atoms with van der Waals surface area (Å²) in [4.78, 5) is 32.4. The number of ketones is 1. The lowest BCUT2D eigenvalue weighted by Crippen LogP contribution is -2.58. The second-order valence-corrected chi connectivity index (χ2v) is 11.0. The van der Waals surface area contributed by atoms with E-state index in [2.05, 4.69) is 5.32 Å². The van der Waals surface area contributed by atoms with Gasteiger partial charge in [-0.3, -0.25) is 14.6 Å². The van der Waals surface area contributed by atoms with Gasteiger partial charge in [0, 0.05) is 17.0 Å². The van der Waals surface area contributed by atoms with Crippen molar-refractivity contribution in [2.45, 2.75) is 34.9 Å². The van der Waals surface area contributed by atoms with E-state index in [-0.39, 0.29) is 23.9 Å². The molecule has 1 aliphatic heterocycles. The molecule has 8 heteroatoms. The molecule has 2 atom stereocenters. The first-order valence-corrected chi connectivity index (χ1v) is 13.6. The van der Waals surface area contributed by atoms with Gasteiger partial charge in [0.25, 0.3) is 0 Å². The number of piperidine rings is 1. The molecule has 2 aromatic carbocycles. The summed E-state index contributed by atoms with van der Waals surface area (Å²) in [6.07, 6.45) is 1.43. The van der Waals surface area contributed by atoms with Gasteiger partial charge in [0.05, 0.1) is 10.7 Å². The van der Waals surface area contributed by atoms with E-state index >= 15 is 0 Å². The molecule has 0 aliphatic carbocycles. The molecular formula is C28H22ClFN2O2S2. The number of hydrogen-bond donors (Lipinski definition) is 1. The molecule has 182 valence electrons. The summed E-state index contributed by atoms with van der Waals surface area (Å²) in [5, 5.41) is 6.65. The summed E-state index contributed by atoms with van der Waals surface area (Å²) in [6.45, 7) is 0. The molecule has 1 amide bonds. The number of nitrogens with one attached hydrogen (secondary N) is 1. The van der Waals surface area contributed by atoms with E-state index in [1.807, 2.05) is 47.2 Å². The van der Waals surface area contributed by atoms with Gasteiger partial charge in [-0.25, -0.2) is 4.39 Å². The Labute approximate surface area is 221 Å². The van der Waals surface area contributed by atoms with Crippen molar-refractivity contribution in [2.75, 3.05) is 0 Å². The smallest absolute Gasteiger partial charge is 0.242 e.